The number of fused-ring (bicyclic) bond motifs is 1. The number of aromatic hydroxyl groups is 1. The lowest BCUT2D eigenvalue weighted by atomic mass is 10.0. The van der Waals surface area contributed by atoms with Gasteiger partial charge in [-0.05, 0) is 43.9 Å². The van der Waals surface area contributed by atoms with Gasteiger partial charge in [0.15, 0.2) is 0 Å². The van der Waals surface area contributed by atoms with E-state index in [9.17, 15) is 19.8 Å². The first-order chi connectivity index (χ1) is 11.2. The zero-order valence-corrected chi connectivity index (χ0v) is 14.3. The number of hydrogen-bond acceptors (Lipinski definition) is 5. The average molecular weight is 333 g/mol. The molecule has 1 heterocycles. The molecule has 6 nitrogen and oxygen atoms in total. The van der Waals surface area contributed by atoms with Crippen LogP contribution in [0.1, 0.15) is 37.0 Å². The van der Waals surface area contributed by atoms with Crippen molar-refractivity contribution in [1.82, 2.24) is 5.32 Å². The summed E-state index contributed by atoms with van der Waals surface area (Å²) in [5, 5.41) is 23.1. The molecule has 0 aliphatic carbocycles. The Morgan fingerprint density at radius 3 is 2.50 bits per heavy atom. The van der Waals surface area contributed by atoms with Crippen molar-refractivity contribution in [1.29, 1.82) is 0 Å². The Balaban J connectivity index is 2.43. The van der Waals surface area contributed by atoms with Gasteiger partial charge < -0.3 is 19.9 Å². The lowest BCUT2D eigenvalue weighted by molar-refractivity contribution is -0.140. The van der Waals surface area contributed by atoms with Crippen LogP contribution in [0, 0.1) is 19.8 Å². The number of benzene rings is 1. The van der Waals surface area contributed by atoms with Crippen LogP contribution in [-0.2, 0) is 11.3 Å². The molecule has 2 rings (SSSR count). The van der Waals surface area contributed by atoms with E-state index >= 15 is 0 Å². The number of phenolic OH excluding ortho intramolecular Hbond substituents is 1. The third kappa shape index (κ3) is 3.59. The highest BCUT2D eigenvalue weighted by molar-refractivity contribution is 5.85. The van der Waals surface area contributed by atoms with Crippen molar-refractivity contribution in [3.05, 3.63) is 39.2 Å². The molecule has 0 aliphatic heterocycles. The SMILES string of the molecule is Cc1c(C)c2ccc(O)c(CN[C@@H](CC(C)C)C(=O)O)c2oc1=O. The smallest absolute Gasteiger partial charge is 0.339 e. The normalized spacial score (nSPS) is 12.7. The van der Waals surface area contributed by atoms with Crippen molar-refractivity contribution in [2.45, 2.75) is 46.7 Å². The second-order valence-electron chi connectivity index (χ2n) is 6.48. The molecular weight excluding hydrogens is 310 g/mol. The summed E-state index contributed by atoms with van der Waals surface area (Å²) < 4.78 is 5.36. The fraction of sp³-hybridized carbons (Fsp3) is 0.444. The van der Waals surface area contributed by atoms with Crippen LogP contribution < -0.4 is 10.9 Å². The number of phenols is 1. The summed E-state index contributed by atoms with van der Waals surface area (Å²) in [6.07, 6.45) is 0.461. The minimum Gasteiger partial charge on any atom is -0.507 e. The predicted octanol–water partition coefficient (Wildman–Crippen LogP) is 2.70. The average Bonchev–Trinajstić information content (AvgIpc) is 2.50. The van der Waals surface area contributed by atoms with Crippen LogP contribution in [0.15, 0.2) is 21.3 Å². The van der Waals surface area contributed by atoms with Crippen molar-refractivity contribution in [3.63, 3.8) is 0 Å². The quantitative estimate of drug-likeness (QED) is 0.703. The first kappa shape index (κ1) is 18.0. The minimum absolute atomic E-state index is 0.0323. The Morgan fingerprint density at radius 2 is 1.92 bits per heavy atom. The fourth-order valence-electron chi connectivity index (χ4n) is 2.69. The molecule has 24 heavy (non-hydrogen) atoms. The first-order valence-electron chi connectivity index (χ1n) is 7.93. The topological polar surface area (TPSA) is 99.8 Å². The van der Waals surface area contributed by atoms with Crippen LogP contribution >= 0.6 is 0 Å². The summed E-state index contributed by atoms with van der Waals surface area (Å²) in [6, 6.07) is 2.49. The molecule has 0 bridgehead atoms. The number of aliphatic carboxylic acids is 1. The molecule has 1 atom stereocenters. The maximum atomic E-state index is 11.9. The lowest BCUT2D eigenvalue weighted by Gasteiger charge is -2.17. The van der Waals surface area contributed by atoms with Crippen LogP contribution in [0.2, 0.25) is 0 Å². The fourth-order valence-corrected chi connectivity index (χ4v) is 2.69. The molecule has 6 heteroatoms. The van der Waals surface area contributed by atoms with Crippen molar-refractivity contribution in [3.8, 4) is 5.75 Å². The highest BCUT2D eigenvalue weighted by Crippen LogP contribution is 2.29. The molecule has 1 aromatic heterocycles. The molecule has 1 aromatic carbocycles. The molecular formula is C18H23NO5. The van der Waals surface area contributed by atoms with Gasteiger partial charge in [0, 0.05) is 17.5 Å². The van der Waals surface area contributed by atoms with Crippen molar-refractivity contribution < 1.29 is 19.4 Å². The van der Waals surface area contributed by atoms with Gasteiger partial charge in [0.05, 0.1) is 5.56 Å². The van der Waals surface area contributed by atoms with E-state index in [1.54, 1.807) is 13.0 Å². The van der Waals surface area contributed by atoms with Gasteiger partial charge in [-0.3, -0.25) is 4.79 Å². The van der Waals surface area contributed by atoms with Gasteiger partial charge in [-0.15, -0.1) is 0 Å². The summed E-state index contributed by atoms with van der Waals surface area (Å²) >= 11 is 0. The van der Waals surface area contributed by atoms with Crippen LogP contribution in [0.5, 0.6) is 5.75 Å². The van der Waals surface area contributed by atoms with Gasteiger partial charge in [-0.25, -0.2) is 4.79 Å². The maximum Gasteiger partial charge on any atom is 0.339 e. The molecule has 0 saturated heterocycles. The molecule has 0 unspecified atom stereocenters. The van der Waals surface area contributed by atoms with Crippen LogP contribution in [-0.4, -0.2) is 22.2 Å². The number of rotatable bonds is 6. The molecule has 2 aromatic rings. The Morgan fingerprint density at radius 1 is 1.25 bits per heavy atom. The third-order valence-electron chi connectivity index (χ3n) is 4.23. The number of nitrogens with one attached hydrogen (secondary N) is 1. The van der Waals surface area contributed by atoms with E-state index in [2.05, 4.69) is 5.32 Å². The van der Waals surface area contributed by atoms with Gasteiger partial charge in [-0.1, -0.05) is 13.8 Å². The Bertz CT molecular complexity index is 822. The van der Waals surface area contributed by atoms with Gasteiger partial charge >= 0.3 is 11.6 Å². The standard InChI is InChI=1S/C18H23NO5/c1-9(2)7-14(17(21)22)19-8-13-15(20)6-5-12-10(3)11(4)18(23)24-16(12)13/h5-6,9,14,19-20H,7-8H2,1-4H3,(H,21,22)/t14-/m0/s1. The number of carbonyl (C=O) groups is 1. The highest BCUT2D eigenvalue weighted by Gasteiger charge is 2.20. The Kier molecular flexibility index (Phi) is 5.29. The Labute approximate surface area is 140 Å². The summed E-state index contributed by atoms with van der Waals surface area (Å²) in [4.78, 5) is 23.3. The van der Waals surface area contributed by atoms with E-state index in [4.69, 9.17) is 4.42 Å². The van der Waals surface area contributed by atoms with E-state index in [0.29, 0.717) is 23.1 Å². The van der Waals surface area contributed by atoms with Gasteiger partial charge in [0.1, 0.15) is 17.4 Å². The third-order valence-corrected chi connectivity index (χ3v) is 4.23. The number of hydrogen-bond donors (Lipinski definition) is 3. The maximum absolute atomic E-state index is 11.9. The number of aryl methyl sites for hydroxylation is 1. The molecule has 0 amide bonds. The number of carboxylic acid groups (broad SMARTS) is 1. The predicted molar refractivity (Wildman–Crippen MR) is 91.3 cm³/mol. The van der Waals surface area contributed by atoms with Crippen LogP contribution in [0.4, 0.5) is 0 Å². The monoisotopic (exact) mass is 333 g/mol. The second-order valence-corrected chi connectivity index (χ2v) is 6.48. The molecule has 0 radical (unpaired) electrons. The molecule has 0 aliphatic rings. The van der Waals surface area contributed by atoms with Gasteiger partial charge in [0.2, 0.25) is 0 Å². The van der Waals surface area contributed by atoms with E-state index in [0.717, 1.165) is 10.9 Å². The van der Waals surface area contributed by atoms with Crippen molar-refractivity contribution in [2.24, 2.45) is 5.92 Å². The van der Waals surface area contributed by atoms with E-state index < -0.39 is 17.6 Å². The Hall–Kier alpha value is -2.34. The molecule has 0 spiro atoms. The highest BCUT2D eigenvalue weighted by atomic mass is 16.4. The second kappa shape index (κ2) is 7.05. The summed E-state index contributed by atoms with van der Waals surface area (Å²) in [5.74, 6) is -0.769. The zero-order valence-electron chi connectivity index (χ0n) is 14.3. The van der Waals surface area contributed by atoms with E-state index in [1.165, 1.54) is 6.07 Å². The summed E-state index contributed by atoms with van der Waals surface area (Å²) in [6.45, 7) is 7.49. The molecule has 0 fully saturated rings. The molecule has 130 valence electrons. The number of carboxylic acids is 1. The summed E-state index contributed by atoms with van der Waals surface area (Å²) in [5.41, 5.74) is 1.55. The van der Waals surface area contributed by atoms with Gasteiger partial charge in [0.25, 0.3) is 0 Å². The zero-order chi connectivity index (χ0) is 18.0. The van der Waals surface area contributed by atoms with Gasteiger partial charge in [-0.2, -0.15) is 0 Å². The van der Waals surface area contributed by atoms with E-state index in [1.807, 2.05) is 20.8 Å². The first-order valence-corrected chi connectivity index (χ1v) is 7.93. The van der Waals surface area contributed by atoms with Crippen molar-refractivity contribution >= 4 is 16.9 Å². The van der Waals surface area contributed by atoms with Crippen molar-refractivity contribution in [2.75, 3.05) is 0 Å². The molecule has 0 saturated carbocycles. The largest absolute Gasteiger partial charge is 0.507 e. The minimum atomic E-state index is -0.947. The van der Waals surface area contributed by atoms with Crippen LogP contribution in [0.3, 0.4) is 0 Å². The van der Waals surface area contributed by atoms with E-state index in [-0.39, 0.29) is 18.2 Å². The lowest BCUT2D eigenvalue weighted by Crippen LogP contribution is -2.37. The summed E-state index contributed by atoms with van der Waals surface area (Å²) in [7, 11) is 0. The van der Waals surface area contributed by atoms with Crippen LogP contribution in [0.25, 0.3) is 11.0 Å². The molecule has 3 N–H and O–H groups in total.